The Bertz CT molecular complexity index is 395. The lowest BCUT2D eigenvalue weighted by atomic mass is 10.5. The van der Waals surface area contributed by atoms with Gasteiger partial charge in [0.15, 0.2) is 11.6 Å². The number of hydrogen-bond donors (Lipinski definition) is 1. The number of aromatic nitrogens is 4. The van der Waals surface area contributed by atoms with Crippen molar-refractivity contribution >= 4 is 0 Å². The van der Waals surface area contributed by atoms with Crippen molar-refractivity contribution < 1.29 is 9.05 Å². The summed E-state index contributed by atoms with van der Waals surface area (Å²) < 4.78 is 9.74. The van der Waals surface area contributed by atoms with E-state index in [0.29, 0.717) is 36.5 Å². The smallest absolute Gasteiger partial charge is 0.240 e. The minimum absolute atomic E-state index is 0.494. The number of aryl methyl sites for hydroxylation is 2. The van der Waals surface area contributed by atoms with Crippen LogP contribution >= 0.6 is 0 Å². The Hall–Kier alpha value is -1.76. The summed E-state index contributed by atoms with van der Waals surface area (Å²) in [5, 5.41) is 10.5. The molecule has 0 unspecified atom stereocenters. The molecule has 0 amide bonds. The molecular weight excluding hydrogens is 198 g/mol. The first-order valence-corrected chi connectivity index (χ1v) is 4.53. The molecule has 0 aliphatic rings. The molecule has 0 bridgehead atoms. The van der Waals surface area contributed by atoms with Crippen molar-refractivity contribution in [2.75, 3.05) is 0 Å². The molecule has 0 radical (unpaired) electrons. The van der Waals surface area contributed by atoms with E-state index >= 15 is 0 Å². The average molecular weight is 209 g/mol. The van der Waals surface area contributed by atoms with Gasteiger partial charge in [-0.1, -0.05) is 10.3 Å². The Morgan fingerprint density at radius 3 is 2.53 bits per heavy atom. The van der Waals surface area contributed by atoms with Crippen molar-refractivity contribution in [2.45, 2.75) is 26.9 Å². The number of nitrogens with one attached hydrogen (secondary N) is 1. The van der Waals surface area contributed by atoms with Gasteiger partial charge in [0, 0.05) is 6.92 Å². The summed E-state index contributed by atoms with van der Waals surface area (Å²) in [6.07, 6.45) is 0. The lowest BCUT2D eigenvalue weighted by Gasteiger charge is -1.94. The summed E-state index contributed by atoms with van der Waals surface area (Å²) in [5.74, 6) is 2.35. The van der Waals surface area contributed by atoms with Gasteiger partial charge >= 0.3 is 0 Å². The van der Waals surface area contributed by atoms with Crippen LogP contribution in [0.1, 0.15) is 23.4 Å². The van der Waals surface area contributed by atoms with E-state index in [-0.39, 0.29) is 0 Å². The Morgan fingerprint density at radius 1 is 1.07 bits per heavy atom. The van der Waals surface area contributed by atoms with Crippen molar-refractivity contribution in [3.63, 3.8) is 0 Å². The summed E-state index contributed by atoms with van der Waals surface area (Å²) >= 11 is 0. The van der Waals surface area contributed by atoms with Crippen molar-refractivity contribution in [1.82, 2.24) is 25.6 Å². The summed E-state index contributed by atoms with van der Waals surface area (Å²) in [4.78, 5) is 8.08. The van der Waals surface area contributed by atoms with Crippen LogP contribution in [0.15, 0.2) is 9.05 Å². The van der Waals surface area contributed by atoms with Gasteiger partial charge in [0.1, 0.15) is 0 Å². The van der Waals surface area contributed by atoms with Crippen LogP contribution in [0.2, 0.25) is 0 Å². The van der Waals surface area contributed by atoms with Gasteiger partial charge in [0.2, 0.25) is 11.8 Å². The monoisotopic (exact) mass is 209 g/mol. The van der Waals surface area contributed by atoms with Crippen molar-refractivity contribution in [1.29, 1.82) is 0 Å². The zero-order valence-corrected chi connectivity index (χ0v) is 8.52. The van der Waals surface area contributed by atoms with Gasteiger partial charge in [-0.3, -0.25) is 0 Å². The molecule has 7 heteroatoms. The predicted octanol–water partition coefficient (Wildman–Crippen LogP) is 0.359. The highest BCUT2D eigenvalue weighted by Gasteiger charge is 2.04. The summed E-state index contributed by atoms with van der Waals surface area (Å²) in [7, 11) is 0. The predicted molar refractivity (Wildman–Crippen MR) is 48.6 cm³/mol. The van der Waals surface area contributed by atoms with Crippen molar-refractivity contribution in [2.24, 2.45) is 0 Å². The minimum Gasteiger partial charge on any atom is -0.340 e. The highest BCUT2D eigenvalue weighted by atomic mass is 16.5. The quantitative estimate of drug-likeness (QED) is 0.777. The molecular formula is C8H11N5O2. The standard InChI is InChI=1S/C8H11N5O2/c1-5-10-8(15-12-5)4-9-3-7-11-6(2)14-13-7/h9H,3-4H2,1-2H3. The average Bonchev–Trinajstić information content (AvgIpc) is 2.76. The minimum atomic E-state index is 0.494. The van der Waals surface area contributed by atoms with Crippen LogP contribution in [-0.4, -0.2) is 20.3 Å². The van der Waals surface area contributed by atoms with Crippen LogP contribution in [0.5, 0.6) is 0 Å². The van der Waals surface area contributed by atoms with Gasteiger partial charge in [-0.05, 0) is 6.92 Å². The van der Waals surface area contributed by atoms with Gasteiger partial charge < -0.3 is 14.4 Å². The third-order valence-electron chi connectivity index (χ3n) is 1.70. The number of hydrogen-bond acceptors (Lipinski definition) is 7. The molecule has 0 aliphatic carbocycles. The van der Waals surface area contributed by atoms with Gasteiger partial charge in [0.05, 0.1) is 13.1 Å². The van der Waals surface area contributed by atoms with E-state index in [0.717, 1.165) is 0 Å². The maximum atomic E-state index is 4.92. The van der Waals surface area contributed by atoms with E-state index in [9.17, 15) is 0 Å². The molecule has 0 saturated heterocycles. The molecule has 2 rings (SSSR count). The fourth-order valence-electron chi connectivity index (χ4n) is 1.11. The third-order valence-corrected chi connectivity index (χ3v) is 1.70. The van der Waals surface area contributed by atoms with Gasteiger partial charge in [-0.2, -0.15) is 9.97 Å². The molecule has 15 heavy (non-hydrogen) atoms. The van der Waals surface area contributed by atoms with E-state index in [1.165, 1.54) is 0 Å². The van der Waals surface area contributed by atoms with E-state index in [4.69, 9.17) is 9.05 Å². The Balaban J connectivity index is 1.80. The van der Waals surface area contributed by atoms with Crippen molar-refractivity contribution in [3.05, 3.63) is 23.4 Å². The van der Waals surface area contributed by atoms with Gasteiger partial charge in [-0.15, -0.1) is 0 Å². The Labute approximate surface area is 85.9 Å². The molecule has 0 aromatic carbocycles. The second kappa shape index (κ2) is 4.18. The van der Waals surface area contributed by atoms with Crippen LogP contribution in [0.4, 0.5) is 0 Å². The zero-order chi connectivity index (χ0) is 10.7. The molecule has 2 aromatic rings. The van der Waals surface area contributed by atoms with Crippen LogP contribution in [0, 0.1) is 13.8 Å². The molecule has 1 N–H and O–H groups in total. The maximum absolute atomic E-state index is 4.92. The van der Waals surface area contributed by atoms with E-state index in [1.807, 2.05) is 0 Å². The molecule has 2 aromatic heterocycles. The van der Waals surface area contributed by atoms with E-state index < -0.39 is 0 Å². The molecule has 0 atom stereocenters. The Morgan fingerprint density at radius 2 is 1.93 bits per heavy atom. The number of nitrogens with zero attached hydrogens (tertiary/aromatic N) is 4. The highest BCUT2D eigenvalue weighted by molar-refractivity contribution is 4.85. The van der Waals surface area contributed by atoms with Crippen LogP contribution < -0.4 is 5.32 Å². The topological polar surface area (TPSA) is 89.9 Å². The summed E-state index contributed by atoms with van der Waals surface area (Å²) in [6, 6.07) is 0. The lowest BCUT2D eigenvalue weighted by Crippen LogP contribution is -2.13. The first-order chi connectivity index (χ1) is 7.24. The normalized spacial score (nSPS) is 10.8. The fourth-order valence-corrected chi connectivity index (χ4v) is 1.11. The van der Waals surface area contributed by atoms with Crippen LogP contribution in [0.25, 0.3) is 0 Å². The van der Waals surface area contributed by atoms with E-state index in [1.54, 1.807) is 13.8 Å². The zero-order valence-electron chi connectivity index (χ0n) is 8.52. The second-order valence-corrected chi connectivity index (χ2v) is 3.07. The van der Waals surface area contributed by atoms with Crippen molar-refractivity contribution in [3.8, 4) is 0 Å². The number of rotatable bonds is 4. The SMILES string of the molecule is Cc1noc(CNCc2noc(C)n2)n1. The molecule has 0 spiro atoms. The Kier molecular flexibility index (Phi) is 2.72. The van der Waals surface area contributed by atoms with Crippen LogP contribution in [0.3, 0.4) is 0 Å². The molecule has 0 saturated carbocycles. The molecule has 2 heterocycles. The lowest BCUT2D eigenvalue weighted by molar-refractivity contribution is 0.360. The summed E-state index contributed by atoms with van der Waals surface area (Å²) in [6.45, 7) is 4.53. The molecule has 0 aliphatic heterocycles. The van der Waals surface area contributed by atoms with Crippen LogP contribution in [-0.2, 0) is 13.1 Å². The van der Waals surface area contributed by atoms with Gasteiger partial charge in [0.25, 0.3) is 0 Å². The third kappa shape index (κ3) is 2.59. The molecule has 0 fully saturated rings. The highest BCUT2D eigenvalue weighted by Crippen LogP contribution is 1.97. The first-order valence-electron chi connectivity index (χ1n) is 4.53. The largest absolute Gasteiger partial charge is 0.340 e. The van der Waals surface area contributed by atoms with E-state index in [2.05, 4.69) is 25.6 Å². The first kappa shape index (κ1) is 9.78. The molecule has 80 valence electrons. The van der Waals surface area contributed by atoms with Gasteiger partial charge in [-0.25, -0.2) is 0 Å². The second-order valence-electron chi connectivity index (χ2n) is 3.07. The maximum Gasteiger partial charge on any atom is 0.240 e. The fraction of sp³-hybridized carbons (Fsp3) is 0.500. The molecule has 7 nitrogen and oxygen atoms in total. The summed E-state index contributed by atoms with van der Waals surface area (Å²) in [5.41, 5.74) is 0.